The highest BCUT2D eigenvalue weighted by atomic mass is 32.1. The summed E-state index contributed by atoms with van der Waals surface area (Å²) in [5.41, 5.74) is 2.93. The van der Waals surface area contributed by atoms with Gasteiger partial charge in [0.25, 0.3) is 0 Å². The molecule has 0 aliphatic heterocycles. The van der Waals surface area contributed by atoms with E-state index in [0.717, 1.165) is 22.6 Å². The Kier molecular flexibility index (Phi) is 4.24. The molecule has 0 aliphatic rings. The van der Waals surface area contributed by atoms with E-state index in [2.05, 4.69) is 12.6 Å². The number of thiol groups is 1. The summed E-state index contributed by atoms with van der Waals surface area (Å²) >= 11 is 3.99. The zero-order chi connectivity index (χ0) is 12.3. The maximum absolute atomic E-state index is 11.5. The van der Waals surface area contributed by atoms with Crippen molar-refractivity contribution in [1.82, 2.24) is 0 Å². The monoisotopic (exact) mass is 239 g/mol. The summed E-state index contributed by atoms with van der Waals surface area (Å²) in [4.78, 5) is 13.2. The smallest absolute Gasteiger partial charge is 0.236 e. The van der Waals surface area contributed by atoms with Gasteiger partial charge in [0.2, 0.25) is 5.91 Å². The fraction of sp³-hybridized carbons (Fsp3) is 0.417. The maximum Gasteiger partial charge on any atom is 0.236 e. The van der Waals surface area contributed by atoms with Gasteiger partial charge in [0.1, 0.15) is 5.75 Å². The number of rotatable bonds is 3. The fourth-order valence-electron chi connectivity index (χ4n) is 1.60. The van der Waals surface area contributed by atoms with Crippen molar-refractivity contribution >= 4 is 24.2 Å². The second-order valence-corrected chi connectivity index (χ2v) is 4.04. The third-order valence-corrected chi connectivity index (χ3v) is 2.85. The van der Waals surface area contributed by atoms with E-state index in [9.17, 15) is 4.79 Å². The van der Waals surface area contributed by atoms with Gasteiger partial charge in [-0.3, -0.25) is 4.79 Å². The highest BCUT2D eigenvalue weighted by Gasteiger charge is 2.13. The molecule has 1 aromatic carbocycles. The number of methoxy groups -OCH3 is 1. The van der Waals surface area contributed by atoms with Gasteiger partial charge in [0.15, 0.2) is 0 Å². The number of carbonyl (C=O) groups excluding carboxylic acids is 1. The standard InChI is InChI=1S/C12H17NO2S/c1-8-6-11(15-4)9(2)5-10(8)13(3)12(14)7-16/h5-6,16H,7H2,1-4H3. The first kappa shape index (κ1) is 12.9. The summed E-state index contributed by atoms with van der Waals surface area (Å²) in [6, 6.07) is 3.89. The van der Waals surface area contributed by atoms with Crippen LogP contribution in [0.2, 0.25) is 0 Å². The molecule has 0 atom stereocenters. The number of carbonyl (C=O) groups is 1. The Hall–Kier alpha value is -1.16. The predicted molar refractivity (Wildman–Crippen MR) is 69.7 cm³/mol. The molecule has 0 unspecified atom stereocenters. The Bertz CT molecular complexity index is 404. The van der Waals surface area contributed by atoms with Crippen LogP contribution in [-0.2, 0) is 4.79 Å². The summed E-state index contributed by atoms with van der Waals surface area (Å²) in [5.74, 6) is 1.03. The van der Waals surface area contributed by atoms with Crippen LogP contribution in [-0.4, -0.2) is 25.8 Å². The highest BCUT2D eigenvalue weighted by Crippen LogP contribution is 2.28. The lowest BCUT2D eigenvalue weighted by Crippen LogP contribution is -2.28. The van der Waals surface area contributed by atoms with Crippen LogP contribution >= 0.6 is 12.6 Å². The number of hydrogen-bond donors (Lipinski definition) is 1. The Morgan fingerprint density at radius 2 is 2.00 bits per heavy atom. The second-order valence-electron chi connectivity index (χ2n) is 3.72. The van der Waals surface area contributed by atoms with Crippen LogP contribution < -0.4 is 9.64 Å². The molecule has 0 aliphatic carbocycles. The Labute approximate surface area is 102 Å². The molecule has 0 spiro atoms. The van der Waals surface area contributed by atoms with E-state index in [1.165, 1.54) is 0 Å². The molecule has 0 fully saturated rings. The summed E-state index contributed by atoms with van der Waals surface area (Å²) in [6.07, 6.45) is 0. The number of hydrogen-bond acceptors (Lipinski definition) is 3. The molecule has 0 saturated carbocycles. The maximum atomic E-state index is 11.5. The SMILES string of the molecule is COc1cc(C)c(N(C)C(=O)CS)cc1C. The molecule has 0 aromatic heterocycles. The van der Waals surface area contributed by atoms with Crippen LogP contribution in [0.15, 0.2) is 12.1 Å². The third-order valence-electron chi connectivity index (χ3n) is 2.58. The highest BCUT2D eigenvalue weighted by molar-refractivity contribution is 7.81. The lowest BCUT2D eigenvalue weighted by molar-refractivity contribution is -0.115. The van der Waals surface area contributed by atoms with Crippen molar-refractivity contribution in [1.29, 1.82) is 0 Å². The number of amides is 1. The van der Waals surface area contributed by atoms with E-state index in [0.29, 0.717) is 0 Å². The van der Waals surface area contributed by atoms with Crippen LogP contribution in [0.1, 0.15) is 11.1 Å². The van der Waals surface area contributed by atoms with Crippen molar-refractivity contribution in [3.63, 3.8) is 0 Å². The quantitative estimate of drug-likeness (QED) is 0.819. The first-order valence-corrected chi connectivity index (χ1v) is 5.67. The van der Waals surface area contributed by atoms with Crippen LogP contribution in [0.3, 0.4) is 0 Å². The van der Waals surface area contributed by atoms with E-state index in [1.807, 2.05) is 26.0 Å². The van der Waals surface area contributed by atoms with Crippen molar-refractivity contribution in [3.05, 3.63) is 23.3 Å². The normalized spacial score (nSPS) is 10.1. The number of ether oxygens (including phenoxy) is 1. The summed E-state index contributed by atoms with van der Waals surface area (Å²) in [5, 5.41) is 0. The zero-order valence-corrected chi connectivity index (χ0v) is 11.0. The van der Waals surface area contributed by atoms with Crippen LogP contribution in [0, 0.1) is 13.8 Å². The molecule has 0 heterocycles. The molecular weight excluding hydrogens is 222 g/mol. The topological polar surface area (TPSA) is 29.5 Å². The summed E-state index contributed by atoms with van der Waals surface area (Å²) < 4.78 is 5.23. The van der Waals surface area contributed by atoms with Gasteiger partial charge >= 0.3 is 0 Å². The first-order chi connectivity index (χ1) is 7.51. The van der Waals surface area contributed by atoms with Crippen molar-refractivity contribution < 1.29 is 9.53 Å². The largest absolute Gasteiger partial charge is 0.496 e. The Balaban J connectivity index is 3.15. The Morgan fingerprint density at radius 3 is 2.50 bits per heavy atom. The molecule has 0 radical (unpaired) electrons. The van der Waals surface area contributed by atoms with E-state index in [4.69, 9.17) is 4.74 Å². The summed E-state index contributed by atoms with van der Waals surface area (Å²) in [7, 11) is 3.40. The average molecular weight is 239 g/mol. The zero-order valence-electron chi connectivity index (χ0n) is 10.1. The van der Waals surface area contributed by atoms with Gasteiger partial charge < -0.3 is 9.64 Å². The number of nitrogens with zero attached hydrogens (tertiary/aromatic N) is 1. The van der Waals surface area contributed by atoms with Gasteiger partial charge in [0, 0.05) is 12.7 Å². The molecule has 0 bridgehead atoms. The molecule has 88 valence electrons. The minimum absolute atomic E-state index is 0.0176. The second kappa shape index (κ2) is 5.25. The summed E-state index contributed by atoms with van der Waals surface area (Å²) in [6.45, 7) is 3.92. The van der Waals surface area contributed by atoms with Gasteiger partial charge in [-0.05, 0) is 37.1 Å². The van der Waals surface area contributed by atoms with Gasteiger partial charge in [-0.1, -0.05) is 0 Å². The lowest BCUT2D eigenvalue weighted by Gasteiger charge is -2.20. The molecule has 4 heteroatoms. The first-order valence-electron chi connectivity index (χ1n) is 5.04. The Morgan fingerprint density at radius 1 is 1.38 bits per heavy atom. The average Bonchev–Trinajstić information content (AvgIpc) is 2.29. The minimum atomic E-state index is -0.0176. The van der Waals surface area contributed by atoms with Gasteiger partial charge in [-0.25, -0.2) is 0 Å². The van der Waals surface area contributed by atoms with E-state index in [1.54, 1.807) is 19.1 Å². The van der Waals surface area contributed by atoms with Crippen LogP contribution in [0.5, 0.6) is 5.75 Å². The van der Waals surface area contributed by atoms with Crippen molar-refractivity contribution in [2.24, 2.45) is 0 Å². The van der Waals surface area contributed by atoms with Gasteiger partial charge in [-0.15, -0.1) is 0 Å². The third kappa shape index (κ3) is 2.50. The molecule has 0 N–H and O–H groups in total. The molecule has 1 aromatic rings. The predicted octanol–water partition coefficient (Wildman–Crippen LogP) is 2.20. The molecular formula is C12H17NO2S. The number of aryl methyl sites for hydroxylation is 2. The van der Waals surface area contributed by atoms with Gasteiger partial charge in [0.05, 0.1) is 12.9 Å². The van der Waals surface area contributed by atoms with E-state index < -0.39 is 0 Å². The van der Waals surface area contributed by atoms with Crippen LogP contribution in [0.4, 0.5) is 5.69 Å². The van der Waals surface area contributed by atoms with Crippen LogP contribution in [0.25, 0.3) is 0 Å². The van der Waals surface area contributed by atoms with Crippen molar-refractivity contribution in [3.8, 4) is 5.75 Å². The minimum Gasteiger partial charge on any atom is -0.496 e. The van der Waals surface area contributed by atoms with Crippen molar-refractivity contribution in [2.75, 3.05) is 24.8 Å². The molecule has 0 saturated heterocycles. The molecule has 16 heavy (non-hydrogen) atoms. The molecule has 3 nitrogen and oxygen atoms in total. The number of anilines is 1. The number of benzene rings is 1. The molecule has 1 rings (SSSR count). The molecule has 1 amide bonds. The van der Waals surface area contributed by atoms with Crippen molar-refractivity contribution in [2.45, 2.75) is 13.8 Å². The fourth-order valence-corrected chi connectivity index (χ4v) is 1.81. The van der Waals surface area contributed by atoms with E-state index in [-0.39, 0.29) is 11.7 Å². The lowest BCUT2D eigenvalue weighted by atomic mass is 10.1. The van der Waals surface area contributed by atoms with E-state index >= 15 is 0 Å². The van der Waals surface area contributed by atoms with Gasteiger partial charge in [-0.2, -0.15) is 12.6 Å².